The monoisotopic (exact) mass is 450 g/mol. The highest BCUT2D eigenvalue weighted by Crippen LogP contribution is 2.37. The van der Waals surface area contributed by atoms with Crippen LogP contribution in [0.5, 0.6) is 5.75 Å². The normalized spacial score (nSPS) is 16.3. The fourth-order valence-corrected chi connectivity index (χ4v) is 4.94. The van der Waals surface area contributed by atoms with Crippen molar-refractivity contribution in [2.24, 2.45) is 0 Å². The molecule has 3 aromatic rings. The van der Waals surface area contributed by atoms with Gasteiger partial charge in [-0.15, -0.1) is 0 Å². The molecule has 4 rings (SSSR count). The van der Waals surface area contributed by atoms with E-state index in [9.17, 15) is 4.79 Å². The number of rotatable bonds is 5. The third kappa shape index (κ3) is 4.08. The van der Waals surface area contributed by atoms with Gasteiger partial charge in [0.25, 0.3) is 5.91 Å². The van der Waals surface area contributed by atoms with Gasteiger partial charge in [-0.25, -0.2) is 4.98 Å². The van der Waals surface area contributed by atoms with Gasteiger partial charge in [-0.3, -0.25) is 9.69 Å². The van der Waals surface area contributed by atoms with Crippen molar-refractivity contribution in [1.29, 1.82) is 0 Å². The van der Waals surface area contributed by atoms with Crippen molar-refractivity contribution in [2.45, 2.75) is 25.9 Å². The zero-order chi connectivity index (χ0) is 20.5. The highest BCUT2D eigenvalue weighted by atomic mass is 35.5. The van der Waals surface area contributed by atoms with Crippen LogP contribution in [0.2, 0.25) is 10.0 Å². The maximum Gasteiger partial charge on any atom is 0.263 e. The van der Waals surface area contributed by atoms with Crippen LogP contribution in [0.15, 0.2) is 30.3 Å². The van der Waals surface area contributed by atoms with Crippen LogP contribution in [0.3, 0.4) is 0 Å². The predicted octanol–water partition coefficient (Wildman–Crippen LogP) is 5.75. The number of hydrogen-bond donors (Lipinski definition) is 0. The summed E-state index contributed by atoms with van der Waals surface area (Å²) in [5.41, 5.74) is 2.21. The minimum absolute atomic E-state index is 0.0345. The second-order valence-electron chi connectivity index (χ2n) is 6.93. The molecular weight excluding hydrogens is 431 g/mol. The van der Waals surface area contributed by atoms with Crippen molar-refractivity contribution < 1.29 is 14.3 Å². The van der Waals surface area contributed by atoms with Crippen LogP contribution in [0.1, 0.15) is 28.8 Å². The molecule has 1 saturated heterocycles. The van der Waals surface area contributed by atoms with E-state index in [1.165, 1.54) is 18.4 Å². The van der Waals surface area contributed by atoms with Crippen molar-refractivity contribution in [1.82, 2.24) is 4.98 Å². The highest BCUT2D eigenvalue weighted by Gasteiger charge is 2.29. The Bertz CT molecular complexity index is 1020. The Kier molecular flexibility index (Phi) is 5.97. The number of carbonyl (C=O) groups excluding carboxylic acids is 1. The fraction of sp³-hybridized carbons (Fsp3) is 0.333. The number of aryl methyl sites for hydroxylation is 1. The number of aromatic nitrogens is 1. The molecule has 2 aromatic carbocycles. The summed E-state index contributed by atoms with van der Waals surface area (Å²) < 4.78 is 12.1. The first kappa shape index (κ1) is 20.4. The van der Waals surface area contributed by atoms with Gasteiger partial charge in [-0.2, -0.15) is 0 Å². The number of nitrogens with zero attached hydrogens (tertiary/aromatic N) is 2. The average Bonchev–Trinajstić information content (AvgIpc) is 3.39. The molecule has 0 spiro atoms. The van der Waals surface area contributed by atoms with E-state index >= 15 is 0 Å². The van der Waals surface area contributed by atoms with E-state index in [0.717, 1.165) is 28.6 Å². The lowest BCUT2D eigenvalue weighted by molar-refractivity contribution is 0.0915. The summed E-state index contributed by atoms with van der Waals surface area (Å²) in [5, 5.41) is 1.67. The van der Waals surface area contributed by atoms with Gasteiger partial charge in [-0.1, -0.05) is 40.6 Å². The van der Waals surface area contributed by atoms with Crippen molar-refractivity contribution in [3.63, 3.8) is 0 Å². The Morgan fingerprint density at radius 2 is 2.17 bits per heavy atom. The average molecular weight is 451 g/mol. The van der Waals surface area contributed by atoms with Gasteiger partial charge in [0.1, 0.15) is 5.75 Å². The Hall–Kier alpha value is -1.86. The first-order chi connectivity index (χ1) is 14.0. The van der Waals surface area contributed by atoms with Gasteiger partial charge in [0.05, 0.1) is 40.6 Å². The molecule has 1 atom stereocenters. The number of ether oxygens (including phenoxy) is 2. The zero-order valence-corrected chi connectivity index (χ0v) is 18.4. The van der Waals surface area contributed by atoms with Crippen molar-refractivity contribution in [3.8, 4) is 5.75 Å². The van der Waals surface area contributed by atoms with E-state index in [1.807, 2.05) is 19.1 Å². The van der Waals surface area contributed by atoms with Gasteiger partial charge in [-0.05, 0) is 49.6 Å². The summed E-state index contributed by atoms with van der Waals surface area (Å²) in [6, 6.07) is 8.80. The zero-order valence-electron chi connectivity index (χ0n) is 16.1. The molecule has 0 aliphatic carbocycles. The van der Waals surface area contributed by atoms with Gasteiger partial charge in [0.15, 0.2) is 5.13 Å². The number of anilines is 1. The number of carbonyl (C=O) groups is 1. The van der Waals surface area contributed by atoms with E-state index in [1.54, 1.807) is 23.1 Å². The molecule has 1 fully saturated rings. The van der Waals surface area contributed by atoms with E-state index in [0.29, 0.717) is 39.6 Å². The van der Waals surface area contributed by atoms with E-state index in [4.69, 9.17) is 37.7 Å². The number of halogens is 2. The van der Waals surface area contributed by atoms with Gasteiger partial charge >= 0.3 is 0 Å². The molecule has 0 radical (unpaired) electrons. The molecule has 1 aromatic heterocycles. The second-order valence-corrected chi connectivity index (χ2v) is 8.76. The number of benzene rings is 2. The lowest BCUT2D eigenvalue weighted by atomic mass is 10.1. The smallest absolute Gasteiger partial charge is 0.263 e. The summed E-state index contributed by atoms with van der Waals surface area (Å²) >= 11 is 14.0. The van der Waals surface area contributed by atoms with Crippen molar-refractivity contribution >= 4 is 55.8 Å². The highest BCUT2D eigenvalue weighted by molar-refractivity contribution is 7.23. The van der Waals surface area contributed by atoms with E-state index < -0.39 is 0 Å². The number of amides is 1. The number of thiazole rings is 1. The van der Waals surface area contributed by atoms with Gasteiger partial charge in [0.2, 0.25) is 0 Å². The molecule has 0 bridgehead atoms. The van der Waals surface area contributed by atoms with Crippen LogP contribution in [-0.4, -0.2) is 37.3 Å². The molecular formula is C21H20Cl2N2O3S. The summed E-state index contributed by atoms with van der Waals surface area (Å²) in [4.78, 5) is 20.0. The standard InChI is InChI=1S/C21H20Cl2N2O3S/c1-12-5-7-16(23)19-18(12)24-21(29-19)25(11-14-4-3-9-28-14)20(26)15-10-13(22)6-8-17(15)27-2/h5-8,10,14H,3-4,9,11H2,1-2H3. The molecule has 1 aliphatic rings. The maximum atomic E-state index is 13.6. The van der Waals surface area contributed by atoms with Crippen molar-refractivity contribution in [2.75, 3.05) is 25.2 Å². The van der Waals surface area contributed by atoms with E-state index in [-0.39, 0.29) is 12.0 Å². The Balaban J connectivity index is 1.80. The number of hydrogen-bond acceptors (Lipinski definition) is 5. The lowest BCUT2D eigenvalue weighted by Gasteiger charge is -2.24. The van der Waals surface area contributed by atoms with Crippen LogP contribution >= 0.6 is 34.5 Å². The third-order valence-corrected chi connectivity index (χ3v) is 6.74. The largest absolute Gasteiger partial charge is 0.496 e. The Morgan fingerprint density at radius 1 is 1.34 bits per heavy atom. The van der Waals surface area contributed by atoms with Gasteiger partial charge < -0.3 is 9.47 Å². The minimum Gasteiger partial charge on any atom is -0.496 e. The first-order valence-corrected chi connectivity index (χ1v) is 10.9. The topological polar surface area (TPSA) is 51.7 Å². The molecule has 152 valence electrons. The summed E-state index contributed by atoms with van der Waals surface area (Å²) in [6.07, 6.45) is 1.85. The molecule has 8 heteroatoms. The molecule has 1 unspecified atom stereocenters. The van der Waals surface area contributed by atoms with Gasteiger partial charge in [0, 0.05) is 11.6 Å². The molecule has 2 heterocycles. The Morgan fingerprint density at radius 3 is 2.86 bits per heavy atom. The minimum atomic E-state index is -0.229. The molecule has 5 nitrogen and oxygen atoms in total. The molecule has 1 amide bonds. The molecule has 29 heavy (non-hydrogen) atoms. The summed E-state index contributed by atoms with van der Waals surface area (Å²) in [5.74, 6) is 0.236. The van der Waals surface area contributed by atoms with Crippen LogP contribution in [0, 0.1) is 6.92 Å². The molecule has 1 aliphatic heterocycles. The molecule has 0 saturated carbocycles. The van der Waals surface area contributed by atoms with E-state index in [2.05, 4.69) is 0 Å². The van der Waals surface area contributed by atoms with Crippen LogP contribution in [0.25, 0.3) is 10.2 Å². The fourth-order valence-electron chi connectivity index (χ4n) is 3.44. The number of fused-ring (bicyclic) bond motifs is 1. The lowest BCUT2D eigenvalue weighted by Crippen LogP contribution is -2.37. The second kappa shape index (κ2) is 8.48. The molecule has 0 N–H and O–H groups in total. The maximum absolute atomic E-state index is 13.6. The summed E-state index contributed by atoms with van der Waals surface area (Å²) in [7, 11) is 1.53. The quantitative estimate of drug-likeness (QED) is 0.496. The Labute approximate surface area is 183 Å². The van der Waals surface area contributed by atoms with Crippen molar-refractivity contribution in [3.05, 3.63) is 51.5 Å². The third-order valence-electron chi connectivity index (χ3n) is 4.96. The first-order valence-electron chi connectivity index (χ1n) is 9.30. The van der Waals surface area contributed by atoms with Crippen LogP contribution < -0.4 is 9.64 Å². The number of methoxy groups -OCH3 is 1. The SMILES string of the molecule is COc1ccc(Cl)cc1C(=O)N(CC1CCCO1)c1nc2c(C)ccc(Cl)c2s1. The predicted molar refractivity (Wildman–Crippen MR) is 118 cm³/mol. The summed E-state index contributed by atoms with van der Waals surface area (Å²) in [6.45, 7) is 3.09. The van der Waals surface area contributed by atoms with Crippen LogP contribution in [0.4, 0.5) is 5.13 Å². The van der Waals surface area contributed by atoms with Crippen LogP contribution in [-0.2, 0) is 4.74 Å².